The maximum absolute atomic E-state index is 13.0. The van der Waals surface area contributed by atoms with E-state index in [0.29, 0.717) is 6.54 Å². The lowest BCUT2D eigenvalue weighted by atomic mass is 9.79. The fourth-order valence-electron chi connectivity index (χ4n) is 5.16. The van der Waals surface area contributed by atoms with Crippen LogP contribution in [0.3, 0.4) is 0 Å². The zero-order valence-corrected chi connectivity index (χ0v) is 18.6. The second-order valence-corrected chi connectivity index (χ2v) is 8.48. The summed E-state index contributed by atoms with van der Waals surface area (Å²) in [5.74, 6) is 2.07. The summed E-state index contributed by atoms with van der Waals surface area (Å²) in [5.41, 5.74) is 3.78. The predicted octanol–water partition coefficient (Wildman–Crippen LogP) is 3.83. The molecule has 3 heterocycles. The number of likely N-dealkylation sites (tertiary alicyclic amines) is 1. The molecule has 3 aliphatic heterocycles. The molecule has 0 aromatic heterocycles. The van der Waals surface area contributed by atoms with E-state index in [-0.39, 0.29) is 30.7 Å². The lowest BCUT2D eigenvalue weighted by molar-refractivity contribution is -0.120. The number of amides is 1. The molecule has 2 fully saturated rings. The molecule has 0 unspecified atom stereocenters. The van der Waals surface area contributed by atoms with Crippen molar-refractivity contribution in [2.45, 2.75) is 45.4 Å². The number of benzene rings is 1. The van der Waals surface area contributed by atoms with Crippen LogP contribution in [0, 0.1) is 18.8 Å². The number of nitrogens with zero attached hydrogens (tertiary/aromatic N) is 2. The van der Waals surface area contributed by atoms with Gasteiger partial charge >= 0.3 is 0 Å². The van der Waals surface area contributed by atoms with E-state index >= 15 is 0 Å². The van der Waals surface area contributed by atoms with Gasteiger partial charge in [0, 0.05) is 12.2 Å². The third-order valence-corrected chi connectivity index (χ3v) is 6.70. The second kappa shape index (κ2) is 10.8. The number of hydrogen-bond donors (Lipinski definition) is 1. The van der Waals surface area contributed by atoms with E-state index in [4.69, 9.17) is 0 Å². The number of aryl methyl sites for hydroxylation is 2. The molecule has 28 heavy (non-hydrogen) atoms. The highest BCUT2D eigenvalue weighted by molar-refractivity contribution is 5.96. The summed E-state index contributed by atoms with van der Waals surface area (Å²) in [6, 6.07) is 6.53. The van der Waals surface area contributed by atoms with Crippen LogP contribution < -0.4 is 10.2 Å². The van der Waals surface area contributed by atoms with Crippen molar-refractivity contribution in [3.8, 4) is 0 Å². The molecule has 0 aliphatic carbocycles. The number of piperidine rings is 2. The Morgan fingerprint density at radius 1 is 1.04 bits per heavy atom. The van der Waals surface area contributed by atoms with Crippen molar-refractivity contribution in [2.75, 3.05) is 44.2 Å². The van der Waals surface area contributed by atoms with E-state index in [0.717, 1.165) is 50.0 Å². The number of halogens is 2. The Balaban J connectivity index is 0.00000140. The van der Waals surface area contributed by atoms with Crippen molar-refractivity contribution in [2.24, 2.45) is 11.8 Å². The molecular formula is C22H35Cl2N3O. The first-order valence-corrected chi connectivity index (χ1v) is 10.5. The Morgan fingerprint density at radius 2 is 1.71 bits per heavy atom. The molecule has 6 heteroatoms. The van der Waals surface area contributed by atoms with Crippen LogP contribution in [0.15, 0.2) is 18.2 Å². The Kier molecular flexibility index (Phi) is 9.07. The first kappa shape index (κ1) is 23.5. The number of hydrogen-bond acceptors (Lipinski definition) is 3. The van der Waals surface area contributed by atoms with Gasteiger partial charge in [0.05, 0.1) is 6.54 Å². The van der Waals surface area contributed by atoms with Gasteiger partial charge in [-0.25, -0.2) is 0 Å². The number of carbonyl (C=O) groups excluding carboxylic acids is 1. The number of rotatable bonds is 3. The Hall–Kier alpha value is -0.810. The van der Waals surface area contributed by atoms with Crippen molar-refractivity contribution in [3.05, 3.63) is 29.3 Å². The molecular weight excluding hydrogens is 393 g/mol. The Labute approximate surface area is 182 Å². The topological polar surface area (TPSA) is 35.6 Å². The van der Waals surface area contributed by atoms with Gasteiger partial charge in [0.2, 0.25) is 5.91 Å². The molecule has 3 aliphatic rings. The summed E-state index contributed by atoms with van der Waals surface area (Å²) in [4.78, 5) is 17.4. The van der Waals surface area contributed by atoms with E-state index in [1.165, 1.54) is 49.9 Å². The highest BCUT2D eigenvalue weighted by Gasteiger charge is 2.30. The minimum absolute atomic E-state index is 0. The molecule has 1 amide bonds. The molecule has 0 bridgehead atoms. The van der Waals surface area contributed by atoms with E-state index in [1.54, 1.807) is 0 Å². The van der Waals surface area contributed by atoms with Crippen LogP contribution in [0.5, 0.6) is 0 Å². The molecule has 0 spiro atoms. The van der Waals surface area contributed by atoms with Gasteiger partial charge in [-0.2, -0.15) is 0 Å². The molecule has 1 aromatic carbocycles. The molecule has 4 nitrogen and oxygen atoms in total. The largest absolute Gasteiger partial charge is 0.317 e. The molecule has 2 saturated heterocycles. The lowest BCUT2D eigenvalue weighted by Crippen LogP contribution is -2.46. The minimum atomic E-state index is 0. The van der Waals surface area contributed by atoms with Gasteiger partial charge in [0.15, 0.2) is 0 Å². The Bertz CT molecular complexity index is 641. The summed E-state index contributed by atoms with van der Waals surface area (Å²) in [5, 5.41) is 3.48. The highest BCUT2D eigenvalue weighted by atomic mass is 35.5. The van der Waals surface area contributed by atoms with E-state index < -0.39 is 0 Å². The van der Waals surface area contributed by atoms with Crippen LogP contribution in [0.1, 0.15) is 43.2 Å². The summed E-state index contributed by atoms with van der Waals surface area (Å²) in [6.45, 7) is 8.17. The number of nitrogens with one attached hydrogen (secondary N) is 1. The average molecular weight is 428 g/mol. The smallest absolute Gasteiger partial charge is 0.241 e. The Morgan fingerprint density at radius 3 is 2.43 bits per heavy atom. The first-order valence-electron chi connectivity index (χ1n) is 10.5. The molecule has 0 radical (unpaired) electrons. The van der Waals surface area contributed by atoms with Crippen molar-refractivity contribution >= 4 is 36.4 Å². The van der Waals surface area contributed by atoms with Gasteiger partial charge in [-0.05, 0) is 95.1 Å². The van der Waals surface area contributed by atoms with E-state index in [2.05, 4.69) is 35.3 Å². The predicted molar refractivity (Wildman–Crippen MR) is 121 cm³/mol. The fraction of sp³-hybridized carbons (Fsp3) is 0.682. The van der Waals surface area contributed by atoms with Crippen LogP contribution in [0.4, 0.5) is 5.69 Å². The molecule has 1 aromatic rings. The quantitative estimate of drug-likeness (QED) is 0.795. The standard InChI is InChI=1S/C22H33N3O.2ClH/c1-17-4-5-21-20(15-17)3-2-12-25(21)22(26)16-24-13-8-19(9-14-24)18-6-10-23-11-7-18;;/h4-5,15,18-19,23H,2-3,6-14,16H2,1H3;2*1H. The van der Waals surface area contributed by atoms with Crippen molar-refractivity contribution < 1.29 is 4.79 Å². The molecule has 1 N–H and O–H groups in total. The van der Waals surface area contributed by atoms with Gasteiger partial charge in [-0.15, -0.1) is 24.8 Å². The second-order valence-electron chi connectivity index (χ2n) is 8.48. The summed E-state index contributed by atoms with van der Waals surface area (Å²) < 4.78 is 0. The van der Waals surface area contributed by atoms with Crippen molar-refractivity contribution in [1.82, 2.24) is 10.2 Å². The number of fused-ring (bicyclic) bond motifs is 1. The zero-order chi connectivity index (χ0) is 17.9. The minimum Gasteiger partial charge on any atom is -0.317 e. The van der Waals surface area contributed by atoms with Gasteiger partial charge in [-0.1, -0.05) is 17.7 Å². The number of carbonyl (C=O) groups is 1. The number of anilines is 1. The third kappa shape index (κ3) is 5.41. The van der Waals surface area contributed by atoms with Gasteiger partial charge in [-0.3, -0.25) is 9.69 Å². The van der Waals surface area contributed by atoms with E-state index in [1.807, 2.05) is 4.90 Å². The van der Waals surface area contributed by atoms with Crippen LogP contribution in [0.25, 0.3) is 0 Å². The summed E-state index contributed by atoms with van der Waals surface area (Å²) in [7, 11) is 0. The van der Waals surface area contributed by atoms with Gasteiger partial charge in [0.1, 0.15) is 0 Å². The normalized spacial score (nSPS) is 21.4. The van der Waals surface area contributed by atoms with Gasteiger partial charge in [0.25, 0.3) is 0 Å². The van der Waals surface area contributed by atoms with Crippen LogP contribution in [-0.4, -0.2) is 50.1 Å². The third-order valence-electron chi connectivity index (χ3n) is 6.70. The monoisotopic (exact) mass is 427 g/mol. The molecule has 4 rings (SSSR count). The van der Waals surface area contributed by atoms with E-state index in [9.17, 15) is 4.79 Å². The van der Waals surface area contributed by atoms with Gasteiger partial charge < -0.3 is 10.2 Å². The lowest BCUT2D eigenvalue weighted by Gasteiger charge is -2.38. The molecule has 0 atom stereocenters. The SMILES string of the molecule is Cc1ccc2c(c1)CCCN2C(=O)CN1CCC(C2CCNCC2)CC1.Cl.Cl. The maximum atomic E-state index is 13.0. The summed E-state index contributed by atoms with van der Waals surface area (Å²) >= 11 is 0. The van der Waals surface area contributed by atoms with Crippen LogP contribution in [0.2, 0.25) is 0 Å². The van der Waals surface area contributed by atoms with Crippen molar-refractivity contribution in [1.29, 1.82) is 0 Å². The molecule has 0 saturated carbocycles. The first-order chi connectivity index (χ1) is 12.7. The molecule has 158 valence electrons. The summed E-state index contributed by atoms with van der Waals surface area (Å²) in [6.07, 6.45) is 7.41. The fourth-order valence-corrected chi connectivity index (χ4v) is 5.16. The highest BCUT2D eigenvalue weighted by Crippen LogP contribution is 2.31. The maximum Gasteiger partial charge on any atom is 0.241 e. The average Bonchev–Trinajstić information content (AvgIpc) is 2.68. The van der Waals surface area contributed by atoms with Crippen LogP contribution in [-0.2, 0) is 11.2 Å². The zero-order valence-electron chi connectivity index (χ0n) is 17.0. The van der Waals surface area contributed by atoms with Crippen molar-refractivity contribution in [3.63, 3.8) is 0 Å². The van der Waals surface area contributed by atoms with Crippen LogP contribution >= 0.6 is 24.8 Å².